The summed E-state index contributed by atoms with van der Waals surface area (Å²) in [5.41, 5.74) is 4.85. The number of carbonyl (C=O) groups excluding carboxylic acids is 1. The van der Waals surface area contributed by atoms with Gasteiger partial charge in [0.15, 0.2) is 0 Å². The number of carboxylic acid groups (broad SMARTS) is 1. The summed E-state index contributed by atoms with van der Waals surface area (Å²) in [5, 5.41) is 11.3. The lowest BCUT2D eigenvalue weighted by atomic mass is 10.00. The molecule has 0 saturated carbocycles. The molecule has 1 atom stereocenters. The predicted molar refractivity (Wildman–Crippen MR) is 147 cm³/mol. The molecule has 0 bridgehead atoms. The Morgan fingerprint density at radius 3 is 2.30 bits per heavy atom. The third-order valence-electron chi connectivity index (χ3n) is 6.14. The van der Waals surface area contributed by atoms with Gasteiger partial charge in [-0.2, -0.15) is 0 Å². The van der Waals surface area contributed by atoms with Crippen molar-refractivity contribution in [3.63, 3.8) is 0 Å². The van der Waals surface area contributed by atoms with Crippen molar-refractivity contribution < 1.29 is 19.4 Å². The highest BCUT2D eigenvalue weighted by atomic mass is 16.5. The maximum atomic E-state index is 12.2. The second kappa shape index (κ2) is 14.2. The zero-order chi connectivity index (χ0) is 26.6. The summed E-state index contributed by atoms with van der Waals surface area (Å²) in [6.45, 7) is 6.72. The zero-order valence-electron chi connectivity index (χ0n) is 22.1. The van der Waals surface area contributed by atoms with Crippen LogP contribution in [0.3, 0.4) is 0 Å². The van der Waals surface area contributed by atoms with Gasteiger partial charge >= 0.3 is 5.97 Å². The van der Waals surface area contributed by atoms with Gasteiger partial charge in [0.2, 0.25) is 0 Å². The van der Waals surface area contributed by atoms with Crippen LogP contribution in [-0.2, 0) is 11.2 Å². The fourth-order valence-electron chi connectivity index (χ4n) is 4.16. The van der Waals surface area contributed by atoms with Crippen molar-refractivity contribution in [3.8, 4) is 17.0 Å². The Hall–Kier alpha value is -3.67. The highest BCUT2D eigenvalue weighted by molar-refractivity contribution is 5.94. The Kier molecular flexibility index (Phi) is 10.7. The van der Waals surface area contributed by atoms with E-state index in [0.717, 1.165) is 48.9 Å². The molecule has 0 aliphatic carbocycles. The first-order chi connectivity index (χ1) is 17.9. The fourth-order valence-corrected chi connectivity index (χ4v) is 4.16. The van der Waals surface area contributed by atoms with Crippen molar-refractivity contribution in [2.45, 2.75) is 65.4 Å². The van der Waals surface area contributed by atoms with Crippen LogP contribution in [-0.4, -0.2) is 28.5 Å². The lowest BCUT2D eigenvalue weighted by molar-refractivity contribution is -0.136. The van der Waals surface area contributed by atoms with Crippen molar-refractivity contribution in [1.29, 1.82) is 0 Å². The van der Waals surface area contributed by atoms with E-state index in [-0.39, 0.29) is 25.0 Å². The lowest BCUT2D eigenvalue weighted by Crippen LogP contribution is -2.25. The third kappa shape index (κ3) is 9.05. The van der Waals surface area contributed by atoms with Crippen LogP contribution in [0, 0.1) is 5.92 Å². The minimum absolute atomic E-state index is 0.0943. The predicted octanol–water partition coefficient (Wildman–Crippen LogP) is 6.85. The summed E-state index contributed by atoms with van der Waals surface area (Å²) < 4.78 is 6.34. The minimum atomic E-state index is -0.944. The van der Waals surface area contributed by atoms with E-state index in [9.17, 15) is 9.59 Å². The van der Waals surface area contributed by atoms with Crippen LogP contribution in [0.5, 0.6) is 5.75 Å². The number of hydrogen-bond acceptors (Lipinski definition) is 4. The fraction of sp³-hybridized carbons (Fsp3) is 0.387. The Morgan fingerprint density at radius 2 is 1.70 bits per heavy atom. The van der Waals surface area contributed by atoms with Gasteiger partial charge in [0.1, 0.15) is 11.9 Å². The second-order valence-electron chi connectivity index (χ2n) is 9.80. The molecule has 3 aromatic rings. The van der Waals surface area contributed by atoms with E-state index in [1.54, 1.807) is 24.3 Å². The van der Waals surface area contributed by atoms with Crippen molar-refractivity contribution in [2.75, 3.05) is 6.54 Å². The number of nitrogens with zero attached hydrogens (tertiary/aromatic N) is 1. The molecule has 0 fully saturated rings. The molecule has 6 heteroatoms. The first-order valence-electron chi connectivity index (χ1n) is 13.2. The van der Waals surface area contributed by atoms with E-state index in [1.807, 2.05) is 12.3 Å². The van der Waals surface area contributed by atoms with Crippen LogP contribution in [0.4, 0.5) is 0 Å². The monoisotopic (exact) mass is 502 g/mol. The van der Waals surface area contributed by atoms with E-state index < -0.39 is 5.97 Å². The Bertz CT molecular complexity index is 1120. The van der Waals surface area contributed by atoms with Crippen molar-refractivity contribution in [2.24, 2.45) is 5.92 Å². The zero-order valence-corrected chi connectivity index (χ0v) is 22.1. The number of unbranched alkanes of at least 4 members (excludes halogenated alkanes) is 2. The number of ether oxygens (including phenoxy) is 1. The highest BCUT2D eigenvalue weighted by Crippen LogP contribution is 2.28. The summed E-state index contributed by atoms with van der Waals surface area (Å²) >= 11 is 0. The topological polar surface area (TPSA) is 88.5 Å². The number of carboxylic acids is 1. The summed E-state index contributed by atoms with van der Waals surface area (Å²) in [6, 6.07) is 19.7. The molecule has 1 amide bonds. The van der Waals surface area contributed by atoms with Crippen molar-refractivity contribution in [3.05, 3.63) is 83.6 Å². The molecule has 1 unspecified atom stereocenters. The van der Waals surface area contributed by atoms with Crippen LogP contribution < -0.4 is 10.1 Å². The van der Waals surface area contributed by atoms with Gasteiger partial charge in [-0.15, -0.1) is 0 Å². The summed E-state index contributed by atoms with van der Waals surface area (Å²) in [6.07, 6.45) is 6.89. The number of hydrogen-bond donors (Lipinski definition) is 2. The molecule has 0 spiro atoms. The Balaban J connectivity index is 1.68. The van der Waals surface area contributed by atoms with Gasteiger partial charge in [0.05, 0.1) is 12.1 Å². The smallest absolute Gasteiger partial charge is 0.305 e. The Morgan fingerprint density at radius 1 is 0.973 bits per heavy atom. The third-order valence-corrected chi connectivity index (χ3v) is 6.14. The van der Waals surface area contributed by atoms with Crippen LogP contribution in [0.1, 0.15) is 80.5 Å². The van der Waals surface area contributed by atoms with Crippen LogP contribution in [0.25, 0.3) is 11.3 Å². The largest absolute Gasteiger partial charge is 0.486 e. The number of aliphatic carboxylic acids is 1. The average molecular weight is 503 g/mol. The highest BCUT2D eigenvalue weighted by Gasteiger charge is 2.15. The van der Waals surface area contributed by atoms with Crippen LogP contribution in [0.2, 0.25) is 0 Å². The number of pyridine rings is 1. The molecule has 196 valence electrons. The first-order valence-corrected chi connectivity index (χ1v) is 13.2. The minimum Gasteiger partial charge on any atom is -0.486 e. The molecule has 2 aromatic carbocycles. The standard InChI is InChI=1S/C31H38N2O4/c1-4-5-6-7-29(37-27-15-12-25(13-16-27)31(36)32-19-18-30(34)35)26-14-17-28(33-21-26)24-10-8-23(9-11-24)20-22(2)3/h8-17,21-22,29H,4-7,18-20H2,1-3H3,(H,32,36)(H,34,35). The van der Waals surface area contributed by atoms with E-state index in [4.69, 9.17) is 14.8 Å². The molecule has 37 heavy (non-hydrogen) atoms. The van der Waals surface area contributed by atoms with Gasteiger partial charge in [0, 0.05) is 29.4 Å². The number of carbonyl (C=O) groups is 2. The Labute approximate surface area is 220 Å². The second-order valence-corrected chi connectivity index (χ2v) is 9.80. The molecule has 2 N–H and O–H groups in total. The van der Waals surface area contributed by atoms with E-state index in [0.29, 0.717) is 17.2 Å². The van der Waals surface area contributed by atoms with Gasteiger partial charge in [-0.25, -0.2) is 0 Å². The van der Waals surface area contributed by atoms with Gasteiger partial charge < -0.3 is 15.2 Å². The first kappa shape index (κ1) is 27.9. The number of amides is 1. The molecule has 1 heterocycles. The van der Waals surface area contributed by atoms with E-state index in [1.165, 1.54) is 5.56 Å². The molecule has 6 nitrogen and oxygen atoms in total. The lowest BCUT2D eigenvalue weighted by Gasteiger charge is -2.20. The molecular formula is C31H38N2O4. The van der Waals surface area contributed by atoms with Gasteiger partial charge in [-0.1, -0.05) is 63.9 Å². The molecule has 0 aliphatic rings. The van der Waals surface area contributed by atoms with Crippen molar-refractivity contribution >= 4 is 11.9 Å². The van der Waals surface area contributed by atoms with E-state index >= 15 is 0 Å². The maximum Gasteiger partial charge on any atom is 0.305 e. The maximum absolute atomic E-state index is 12.2. The van der Waals surface area contributed by atoms with Gasteiger partial charge in [-0.05, 0) is 61.1 Å². The molecule has 3 rings (SSSR count). The quantitative estimate of drug-likeness (QED) is 0.235. The number of aromatic nitrogens is 1. The normalized spacial score (nSPS) is 11.8. The van der Waals surface area contributed by atoms with Crippen LogP contribution in [0.15, 0.2) is 66.9 Å². The molecule has 0 radical (unpaired) electrons. The number of benzene rings is 2. The number of rotatable bonds is 14. The molecule has 1 aromatic heterocycles. The van der Waals surface area contributed by atoms with Crippen LogP contribution >= 0.6 is 0 Å². The number of nitrogens with one attached hydrogen (secondary N) is 1. The SMILES string of the molecule is CCCCCC(Oc1ccc(C(=O)NCCC(=O)O)cc1)c1ccc(-c2ccc(CC(C)C)cc2)nc1. The summed E-state index contributed by atoms with van der Waals surface area (Å²) in [7, 11) is 0. The molecule has 0 saturated heterocycles. The van der Waals surface area contributed by atoms with Crippen molar-refractivity contribution in [1.82, 2.24) is 10.3 Å². The van der Waals surface area contributed by atoms with Gasteiger partial charge in [0.25, 0.3) is 5.91 Å². The molecule has 0 aliphatic heterocycles. The summed E-state index contributed by atoms with van der Waals surface area (Å²) in [5.74, 6) is 0.0584. The molecular weight excluding hydrogens is 464 g/mol. The van der Waals surface area contributed by atoms with E-state index in [2.05, 4.69) is 56.4 Å². The van der Waals surface area contributed by atoms with Gasteiger partial charge in [-0.3, -0.25) is 14.6 Å². The average Bonchev–Trinajstić information content (AvgIpc) is 2.88. The summed E-state index contributed by atoms with van der Waals surface area (Å²) in [4.78, 5) is 27.6.